The number of ketones is 1. The molecule has 0 aliphatic carbocycles. The van der Waals surface area contributed by atoms with Gasteiger partial charge >= 0.3 is 0 Å². The van der Waals surface area contributed by atoms with E-state index in [2.05, 4.69) is 19.9 Å². The van der Waals surface area contributed by atoms with E-state index in [9.17, 15) is 4.79 Å². The lowest BCUT2D eigenvalue weighted by Crippen LogP contribution is -2.07. The zero-order valence-electron chi connectivity index (χ0n) is 16.2. The molecule has 0 saturated carbocycles. The molecular weight excluding hydrogens is 364 g/mol. The first-order chi connectivity index (χ1) is 14.1. The summed E-state index contributed by atoms with van der Waals surface area (Å²) in [6.45, 7) is 3.96. The molecule has 4 aromatic rings. The Labute approximate surface area is 168 Å². The normalized spacial score (nSPS) is 11.9. The van der Waals surface area contributed by atoms with Crippen molar-refractivity contribution in [3.8, 4) is 22.7 Å². The average molecular weight is 384 g/mol. The number of pyridine rings is 1. The summed E-state index contributed by atoms with van der Waals surface area (Å²) >= 11 is 0. The van der Waals surface area contributed by atoms with Gasteiger partial charge in [-0.15, -0.1) is 0 Å². The molecule has 1 atom stereocenters. The Morgan fingerprint density at radius 3 is 2.55 bits per heavy atom. The molecule has 0 bridgehead atoms. The highest BCUT2D eigenvalue weighted by atomic mass is 16.3. The minimum Gasteiger partial charge on any atom is -0.445 e. The van der Waals surface area contributed by atoms with Gasteiger partial charge in [-0.1, -0.05) is 13.0 Å². The molecule has 29 heavy (non-hydrogen) atoms. The number of carbonyl (C=O) groups is 1. The third-order valence-corrected chi connectivity index (χ3v) is 4.72. The van der Waals surface area contributed by atoms with Crippen LogP contribution in [-0.4, -0.2) is 25.7 Å². The Hall–Kier alpha value is -3.67. The highest BCUT2D eigenvalue weighted by Crippen LogP contribution is 2.28. The van der Waals surface area contributed by atoms with Gasteiger partial charge in [-0.3, -0.25) is 19.7 Å². The van der Waals surface area contributed by atoms with E-state index in [0.29, 0.717) is 17.9 Å². The Bertz CT molecular complexity index is 1110. The molecule has 0 saturated heterocycles. The summed E-state index contributed by atoms with van der Waals surface area (Å²) in [5.41, 5.74) is 4.84. The number of Topliss-reactive ketones (excluding diaryl/α,β-unsaturated/α-hetero) is 1. The maximum atomic E-state index is 13.1. The van der Waals surface area contributed by atoms with Crippen molar-refractivity contribution in [1.82, 2.24) is 19.9 Å². The molecule has 6 nitrogen and oxygen atoms in total. The van der Waals surface area contributed by atoms with Gasteiger partial charge in [0.15, 0.2) is 5.78 Å². The van der Waals surface area contributed by atoms with Crippen molar-refractivity contribution in [3.63, 3.8) is 0 Å². The third kappa shape index (κ3) is 4.27. The quantitative estimate of drug-likeness (QED) is 0.441. The van der Waals surface area contributed by atoms with Crippen LogP contribution in [0.1, 0.15) is 40.9 Å². The molecule has 3 heterocycles. The van der Waals surface area contributed by atoms with Gasteiger partial charge in [0.1, 0.15) is 6.26 Å². The lowest BCUT2D eigenvalue weighted by Gasteiger charge is -2.11. The van der Waals surface area contributed by atoms with Crippen molar-refractivity contribution in [3.05, 3.63) is 84.4 Å². The number of aromatic nitrogens is 4. The zero-order valence-corrected chi connectivity index (χ0v) is 16.2. The molecule has 0 radical (unpaired) electrons. The predicted molar refractivity (Wildman–Crippen MR) is 109 cm³/mol. The molecule has 0 unspecified atom stereocenters. The van der Waals surface area contributed by atoms with Crippen LogP contribution < -0.4 is 0 Å². The number of hydrogen-bond donors (Lipinski definition) is 0. The van der Waals surface area contributed by atoms with E-state index in [1.165, 1.54) is 6.26 Å². The van der Waals surface area contributed by atoms with Gasteiger partial charge in [0.05, 0.1) is 17.6 Å². The van der Waals surface area contributed by atoms with Crippen LogP contribution >= 0.6 is 0 Å². The van der Waals surface area contributed by atoms with Crippen LogP contribution in [0.15, 0.2) is 72.0 Å². The van der Waals surface area contributed by atoms with E-state index in [1.54, 1.807) is 24.8 Å². The second-order valence-corrected chi connectivity index (χ2v) is 7.02. The number of rotatable bonds is 6. The fraction of sp³-hybridized carbons (Fsp3) is 0.174. The number of aryl methyl sites for hydroxylation is 1. The average Bonchev–Trinajstić information content (AvgIpc) is 3.29. The largest absolute Gasteiger partial charge is 0.445 e. The van der Waals surface area contributed by atoms with Crippen molar-refractivity contribution in [2.24, 2.45) is 0 Å². The fourth-order valence-corrected chi connectivity index (χ4v) is 3.13. The van der Waals surface area contributed by atoms with Crippen molar-refractivity contribution >= 4 is 5.78 Å². The van der Waals surface area contributed by atoms with Crippen molar-refractivity contribution in [2.45, 2.75) is 26.2 Å². The summed E-state index contributed by atoms with van der Waals surface area (Å²) in [5, 5.41) is 0. The van der Waals surface area contributed by atoms with Crippen LogP contribution in [0.5, 0.6) is 0 Å². The Balaban J connectivity index is 1.70. The second kappa shape index (κ2) is 8.14. The Kier molecular flexibility index (Phi) is 5.24. The maximum Gasteiger partial charge on any atom is 0.225 e. The SMILES string of the molecule is Cc1ccc(-c2cc(C(=O)C[C@H](C)c3cnccn3)cc(-c3ncco3)c2)nc1. The van der Waals surface area contributed by atoms with Gasteiger partial charge in [-0.05, 0) is 36.8 Å². The van der Waals surface area contributed by atoms with Gasteiger partial charge in [0.25, 0.3) is 0 Å². The summed E-state index contributed by atoms with van der Waals surface area (Å²) in [7, 11) is 0. The van der Waals surface area contributed by atoms with Crippen LogP contribution in [0.3, 0.4) is 0 Å². The van der Waals surface area contributed by atoms with Crippen molar-refractivity contribution in [1.29, 1.82) is 0 Å². The molecule has 144 valence electrons. The van der Waals surface area contributed by atoms with Crippen LogP contribution in [0, 0.1) is 6.92 Å². The summed E-state index contributed by atoms with van der Waals surface area (Å²) in [4.78, 5) is 30.2. The first-order valence-corrected chi connectivity index (χ1v) is 9.37. The topological polar surface area (TPSA) is 81.8 Å². The van der Waals surface area contributed by atoms with E-state index in [1.807, 2.05) is 50.4 Å². The molecule has 0 aliphatic rings. The third-order valence-electron chi connectivity index (χ3n) is 4.72. The number of nitrogens with zero attached hydrogens (tertiary/aromatic N) is 4. The standard InChI is InChI=1S/C23H20N4O2/c1-15-3-4-20(27-13-15)17-10-18(12-19(11-17)23-26-7-8-29-23)22(28)9-16(2)21-14-24-5-6-25-21/h3-8,10-14,16H,9H2,1-2H3/t16-/m0/s1. The zero-order chi connectivity index (χ0) is 20.2. The van der Waals surface area contributed by atoms with E-state index in [-0.39, 0.29) is 11.7 Å². The van der Waals surface area contributed by atoms with E-state index in [4.69, 9.17) is 4.42 Å². The van der Waals surface area contributed by atoms with Crippen LogP contribution in [0.2, 0.25) is 0 Å². The molecule has 0 aliphatic heterocycles. The van der Waals surface area contributed by atoms with Crippen LogP contribution in [-0.2, 0) is 0 Å². The van der Waals surface area contributed by atoms with E-state index < -0.39 is 0 Å². The molecule has 4 rings (SSSR count). The summed E-state index contributed by atoms with van der Waals surface area (Å²) in [5.74, 6) is 0.447. The molecule has 0 fully saturated rings. The molecular formula is C23H20N4O2. The van der Waals surface area contributed by atoms with E-state index in [0.717, 1.165) is 28.1 Å². The van der Waals surface area contributed by atoms with E-state index >= 15 is 0 Å². The maximum absolute atomic E-state index is 13.1. The lowest BCUT2D eigenvalue weighted by atomic mass is 9.94. The van der Waals surface area contributed by atoms with Crippen molar-refractivity contribution < 1.29 is 9.21 Å². The number of benzene rings is 1. The molecule has 1 aromatic carbocycles. The number of carbonyl (C=O) groups excluding carboxylic acids is 1. The van der Waals surface area contributed by atoms with Gasteiger partial charge in [0, 0.05) is 53.8 Å². The molecule has 6 heteroatoms. The van der Waals surface area contributed by atoms with Crippen LogP contribution in [0.25, 0.3) is 22.7 Å². The monoisotopic (exact) mass is 384 g/mol. The fourth-order valence-electron chi connectivity index (χ4n) is 3.13. The molecule has 3 aromatic heterocycles. The second-order valence-electron chi connectivity index (χ2n) is 7.02. The summed E-state index contributed by atoms with van der Waals surface area (Å²) in [6, 6.07) is 9.57. The first-order valence-electron chi connectivity index (χ1n) is 9.37. The van der Waals surface area contributed by atoms with Gasteiger partial charge in [-0.25, -0.2) is 4.98 Å². The lowest BCUT2D eigenvalue weighted by molar-refractivity contribution is 0.0975. The minimum absolute atomic E-state index is 0.0184. The number of hydrogen-bond acceptors (Lipinski definition) is 6. The predicted octanol–water partition coefficient (Wildman–Crippen LogP) is 4.88. The Morgan fingerprint density at radius 1 is 1.00 bits per heavy atom. The smallest absolute Gasteiger partial charge is 0.225 e. The van der Waals surface area contributed by atoms with Gasteiger partial charge < -0.3 is 4.42 Å². The summed E-state index contributed by atoms with van der Waals surface area (Å²) < 4.78 is 5.45. The Morgan fingerprint density at radius 2 is 1.86 bits per heavy atom. The highest BCUT2D eigenvalue weighted by Gasteiger charge is 2.17. The first kappa shape index (κ1) is 18.7. The minimum atomic E-state index is -0.0393. The molecule has 0 amide bonds. The summed E-state index contributed by atoms with van der Waals surface area (Å²) in [6.07, 6.45) is 10.2. The highest BCUT2D eigenvalue weighted by molar-refractivity contribution is 5.98. The van der Waals surface area contributed by atoms with Gasteiger partial charge in [0.2, 0.25) is 5.89 Å². The molecule has 0 N–H and O–H groups in total. The van der Waals surface area contributed by atoms with Gasteiger partial charge in [-0.2, -0.15) is 0 Å². The van der Waals surface area contributed by atoms with Crippen molar-refractivity contribution in [2.75, 3.05) is 0 Å². The molecule has 0 spiro atoms. The van der Waals surface area contributed by atoms with Crippen LogP contribution in [0.4, 0.5) is 0 Å². The number of oxazole rings is 1.